The van der Waals surface area contributed by atoms with E-state index in [1.807, 2.05) is 30.3 Å². The highest BCUT2D eigenvalue weighted by atomic mass is 16.5. The molecule has 0 aliphatic carbocycles. The van der Waals surface area contributed by atoms with E-state index in [2.05, 4.69) is 5.32 Å². The molecule has 0 atom stereocenters. The number of hydrogen-bond acceptors (Lipinski definition) is 4. The normalized spacial score (nSPS) is 10.3. The SMILES string of the molecule is O=C(O)c1ccoc1CNCCOc1ccccc1. The Hall–Kier alpha value is -2.27. The average Bonchev–Trinajstić information content (AvgIpc) is 2.88. The molecule has 0 unspecified atom stereocenters. The van der Waals surface area contributed by atoms with Crippen LogP contribution in [0.1, 0.15) is 16.1 Å². The first-order valence-corrected chi connectivity index (χ1v) is 5.95. The van der Waals surface area contributed by atoms with Crippen molar-refractivity contribution in [2.75, 3.05) is 13.2 Å². The summed E-state index contributed by atoms with van der Waals surface area (Å²) in [5.41, 5.74) is 0.191. The van der Waals surface area contributed by atoms with E-state index < -0.39 is 5.97 Å². The maximum atomic E-state index is 10.8. The van der Waals surface area contributed by atoms with Gasteiger partial charge < -0.3 is 19.6 Å². The van der Waals surface area contributed by atoms with Crippen molar-refractivity contribution in [3.05, 3.63) is 54.0 Å². The highest BCUT2D eigenvalue weighted by molar-refractivity contribution is 5.88. The third-order valence-electron chi connectivity index (χ3n) is 2.55. The minimum Gasteiger partial charge on any atom is -0.492 e. The largest absolute Gasteiger partial charge is 0.492 e. The summed E-state index contributed by atoms with van der Waals surface area (Å²) >= 11 is 0. The molecular weight excluding hydrogens is 246 g/mol. The van der Waals surface area contributed by atoms with Crippen LogP contribution in [-0.4, -0.2) is 24.2 Å². The van der Waals surface area contributed by atoms with Crippen LogP contribution in [0.15, 0.2) is 47.1 Å². The fourth-order valence-corrected chi connectivity index (χ4v) is 1.63. The van der Waals surface area contributed by atoms with Gasteiger partial charge in [0.25, 0.3) is 0 Å². The van der Waals surface area contributed by atoms with Crippen LogP contribution in [0.2, 0.25) is 0 Å². The maximum Gasteiger partial charge on any atom is 0.339 e. The molecule has 0 fully saturated rings. The van der Waals surface area contributed by atoms with Crippen LogP contribution < -0.4 is 10.1 Å². The van der Waals surface area contributed by atoms with Gasteiger partial charge in [0, 0.05) is 6.54 Å². The monoisotopic (exact) mass is 261 g/mol. The van der Waals surface area contributed by atoms with Crippen LogP contribution in [0.5, 0.6) is 5.75 Å². The van der Waals surface area contributed by atoms with Gasteiger partial charge in [-0.2, -0.15) is 0 Å². The van der Waals surface area contributed by atoms with E-state index in [4.69, 9.17) is 14.3 Å². The zero-order valence-corrected chi connectivity index (χ0v) is 10.3. The summed E-state index contributed by atoms with van der Waals surface area (Å²) in [5.74, 6) is 0.256. The molecule has 100 valence electrons. The molecule has 0 saturated carbocycles. The lowest BCUT2D eigenvalue weighted by molar-refractivity contribution is 0.0694. The highest BCUT2D eigenvalue weighted by Gasteiger charge is 2.12. The second-order valence-electron chi connectivity index (χ2n) is 3.90. The molecule has 5 nitrogen and oxygen atoms in total. The molecule has 1 aromatic heterocycles. The predicted molar refractivity (Wildman–Crippen MR) is 69.3 cm³/mol. The number of furan rings is 1. The van der Waals surface area contributed by atoms with Crippen LogP contribution in [0.3, 0.4) is 0 Å². The number of nitrogens with one attached hydrogen (secondary N) is 1. The van der Waals surface area contributed by atoms with Crippen LogP contribution in [-0.2, 0) is 6.54 Å². The number of carboxylic acid groups (broad SMARTS) is 1. The van der Waals surface area contributed by atoms with E-state index in [1.54, 1.807) is 0 Å². The molecule has 0 amide bonds. The molecule has 2 N–H and O–H groups in total. The summed E-state index contributed by atoms with van der Waals surface area (Å²) < 4.78 is 10.6. The Kier molecular flexibility index (Phi) is 4.58. The fraction of sp³-hybridized carbons (Fsp3) is 0.214. The number of carbonyl (C=O) groups is 1. The van der Waals surface area contributed by atoms with Gasteiger partial charge in [0.15, 0.2) is 0 Å². The molecular formula is C14H15NO4. The standard InChI is InChI=1S/C14H15NO4/c16-14(17)12-6-8-19-13(12)10-15-7-9-18-11-4-2-1-3-5-11/h1-6,8,15H,7,9-10H2,(H,16,17). The third kappa shape index (κ3) is 3.86. The molecule has 1 aromatic carbocycles. The molecule has 0 bridgehead atoms. The van der Waals surface area contributed by atoms with E-state index in [-0.39, 0.29) is 5.56 Å². The number of rotatable bonds is 7. The Bertz CT molecular complexity index is 521. The lowest BCUT2D eigenvalue weighted by Gasteiger charge is -2.06. The first-order chi connectivity index (χ1) is 9.27. The van der Waals surface area contributed by atoms with Gasteiger partial charge in [-0.15, -0.1) is 0 Å². The smallest absolute Gasteiger partial charge is 0.339 e. The van der Waals surface area contributed by atoms with E-state index in [9.17, 15) is 4.79 Å². The molecule has 2 aromatic rings. The van der Waals surface area contributed by atoms with Gasteiger partial charge in [-0.25, -0.2) is 4.79 Å². The van der Waals surface area contributed by atoms with Gasteiger partial charge >= 0.3 is 5.97 Å². The lowest BCUT2D eigenvalue weighted by atomic mass is 10.2. The van der Waals surface area contributed by atoms with Crippen molar-refractivity contribution in [3.63, 3.8) is 0 Å². The van der Waals surface area contributed by atoms with Crippen LogP contribution in [0.25, 0.3) is 0 Å². The summed E-state index contributed by atoms with van der Waals surface area (Å²) in [5, 5.41) is 12.0. The molecule has 0 radical (unpaired) electrons. The lowest BCUT2D eigenvalue weighted by Crippen LogP contribution is -2.21. The number of benzene rings is 1. The Morgan fingerprint density at radius 2 is 2.05 bits per heavy atom. The number of ether oxygens (including phenoxy) is 1. The van der Waals surface area contributed by atoms with Crippen molar-refractivity contribution in [2.45, 2.75) is 6.54 Å². The highest BCUT2D eigenvalue weighted by Crippen LogP contribution is 2.10. The Morgan fingerprint density at radius 3 is 2.79 bits per heavy atom. The van der Waals surface area contributed by atoms with Crippen LogP contribution in [0.4, 0.5) is 0 Å². The van der Waals surface area contributed by atoms with Crippen molar-refractivity contribution < 1.29 is 19.1 Å². The first kappa shape index (κ1) is 13.2. The maximum absolute atomic E-state index is 10.8. The summed E-state index contributed by atoms with van der Waals surface area (Å²) in [6.07, 6.45) is 1.38. The number of carboxylic acids is 1. The molecule has 2 rings (SSSR count). The second kappa shape index (κ2) is 6.61. The van der Waals surface area contributed by atoms with Crippen LogP contribution in [0, 0.1) is 0 Å². The van der Waals surface area contributed by atoms with Crippen molar-refractivity contribution in [1.82, 2.24) is 5.32 Å². The minimum absolute atomic E-state index is 0.191. The summed E-state index contributed by atoms with van der Waals surface area (Å²) in [7, 11) is 0. The van der Waals surface area contributed by atoms with E-state index in [0.717, 1.165) is 5.75 Å². The molecule has 5 heteroatoms. The number of para-hydroxylation sites is 1. The zero-order valence-electron chi connectivity index (χ0n) is 10.3. The summed E-state index contributed by atoms with van der Waals surface area (Å²) in [6, 6.07) is 11.0. The van der Waals surface area contributed by atoms with Gasteiger partial charge in [-0.05, 0) is 18.2 Å². The summed E-state index contributed by atoms with van der Waals surface area (Å²) in [6.45, 7) is 1.48. The molecule has 0 aliphatic rings. The average molecular weight is 261 g/mol. The molecule has 19 heavy (non-hydrogen) atoms. The van der Waals surface area contributed by atoms with Crippen LogP contribution >= 0.6 is 0 Å². The fourth-order valence-electron chi connectivity index (χ4n) is 1.63. The first-order valence-electron chi connectivity index (χ1n) is 5.95. The number of hydrogen-bond donors (Lipinski definition) is 2. The van der Waals surface area contributed by atoms with E-state index in [1.165, 1.54) is 12.3 Å². The quantitative estimate of drug-likeness (QED) is 0.747. The zero-order chi connectivity index (χ0) is 13.5. The molecule has 0 aliphatic heterocycles. The predicted octanol–water partition coefficient (Wildman–Crippen LogP) is 2.15. The molecule has 1 heterocycles. The van der Waals surface area contributed by atoms with Gasteiger partial charge in [0.1, 0.15) is 23.7 Å². The molecule has 0 saturated heterocycles. The van der Waals surface area contributed by atoms with Crippen molar-refractivity contribution in [2.24, 2.45) is 0 Å². The second-order valence-corrected chi connectivity index (χ2v) is 3.90. The Morgan fingerprint density at radius 1 is 1.26 bits per heavy atom. The van der Waals surface area contributed by atoms with E-state index in [0.29, 0.717) is 25.5 Å². The Balaban J connectivity index is 1.70. The van der Waals surface area contributed by atoms with Crippen molar-refractivity contribution in [3.8, 4) is 5.75 Å². The van der Waals surface area contributed by atoms with E-state index >= 15 is 0 Å². The topological polar surface area (TPSA) is 71.7 Å². The van der Waals surface area contributed by atoms with Gasteiger partial charge in [0.2, 0.25) is 0 Å². The van der Waals surface area contributed by atoms with Gasteiger partial charge in [-0.1, -0.05) is 18.2 Å². The van der Waals surface area contributed by atoms with Gasteiger partial charge in [0.05, 0.1) is 12.8 Å². The Labute approximate surface area is 110 Å². The van der Waals surface area contributed by atoms with Crippen molar-refractivity contribution >= 4 is 5.97 Å². The molecule has 0 spiro atoms. The number of aromatic carboxylic acids is 1. The third-order valence-corrected chi connectivity index (χ3v) is 2.55. The summed E-state index contributed by atoms with van der Waals surface area (Å²) in [4.78, 5) is 10.8. The minimum atomic E-state index is -0.980. The van der Waals surface area contributed by atoms with Crippen molar-refractivity contribution in [1.29, 1.82) is 0 Å². The van der Waals surface area contributed by atoms with Gasteiger partial charge in [-0.3, -0.25) is 0 Å².